The molecule has 0 amide bonds. The Morgan fingerprint density at radius 3 is 2.27 bits per heavy atom. The van der Waals surface area contributed by atoms with Crippen molar-refractivity contribution in [1.29, 1.82) is 0 Å². The summed E-state index contributed by atoms with van der Waals surface area (Å²) in [7, 11) is -3.94. The Morgan fingerprint density at radius 2 is 1.54 bits per heavy atom. The minimum absolute atomic E-state index is 0.110. The highest BCUT2D eigenvalue weighted by molar-refractivity contribution is 7.98. The summed E-state index contributed by atoms with van der Waals surface area (Å²) >= 11 is 14.0. The van der Waals surface area contributed by atoms with Gasteiger partial charge in [0.2, 0.25) is 10.0 Å². The molecule has 0 bridgehead atoms. The van der Waals surface area contributed by atoms with Crippen molar-refractivity contribution in [3.8, 4) is 5.69 Å². The quantitative estimate of drug-likeness (QED) is 0.161. The molecule has 0 radical (unpaired) electrons. The number of hydrogen-bond donors (Lipinski definition) is 1. The molecule has 5 rings (SSSR count). The molecule has 210 valence electrons. The van der Waals surface area contributed by atoms with E-state index in [1.165, 1.54) is 29.5 Å². The maximum absolute atomic E-state index is 13.6. The van der Waals surface area contributed by atoms with Crippen LogP contribution in [0, 0.1) is 13.8 Å². The van der Waals surface area contributed by atoms with Gasteiger partial charge in [0.05, 0.1) is 16.6 Å². The van der Waals surface area contributed by atoms with Crippen LogP contribution in [0.15, 0.2) is 107 Å². The number of rotatable bonds is 10. The van der Waals surface area contributed by atoms with Gasteiger partial charge in [-0.3, -0.25) is 4.57 Å². The van der Waals surface area contributed by atoms with Crippen molar-refractivity contribution in [2.24, 2.45) is 0 Å². The predicted molar refractivity (Wildman–Crippen MR) is 167 cm³/mol. The average Bonchev–Trinajstić information content (AvgIpc) is 3.37. The Balaban J connectivity index is 1.61. The van der Waals surface area contributed by atoms with Crippen LogP contribution < -0.4 is 4.72 Å². The Labute approximate surface area is 254 Å². The van der Waals surface area contributed by atoms with Crippen LogP contribution in [-0.2, 0) is 22.2 Å². The van der Waals surface area contributed by atoms with E-state index in [0.717, 1.165) is 22.4 Å². The Bertz CT molecular complexity index is 1760. The molecule has 0 spiro atoms. The summed E-state index contributed by atoms with van der Waals surface area (Å²) in [6.45, 7) is 4.04. The van der Waals surface area contributed by atoms with Gasteiger partial charge in [0, 0.05) is 15.8 Å². The Morgan fingerprint density at radius 1 is 0.829 bits per heavy atom. The number of hydrogen-bond acceptors (Lipinski definition) is 5. The number of sulfonamides is 1. The van der Waals surface area contributed by atoms with Gasteiger partial charge in [-0.25, -0.2) is 13.1 Å². The summed E-state index contributed by atoms with van der Waals surface area (Å²) in [4.78, 5) is 0.110. The van der Waals surface area contributed by atoms with E-state index in [1.807, 2.05) is 66.1 Å². The highest BCUT2D eigenvalue weighted by Gasteiger charge is 2.29. The number of aromatic nitrogens is 3. The van der Waals surface area contributed by atoms with Crippen LogP contribution in [0.4, 0.5) is 0 Å². The van der Waals surface area contributed by atoms with E-state index in [9.17, 15) is 8.42 Å². The number of nitrogens with one attached hydrogen (secondary N) is 1. The molecule has 4 aromatic carbocycles. The monoisotopic (exact) mass is 622 g/mol. The molecule has 0 saturated heterocycles. The first kappa shape index (κ1) is 29.4. The van der Waals surface area contributed by atoms with Crippen molar-refractivity contribution in [3.05, 3.63) is 135 Å². The lowest BCUT2D eigenvalue weighted by molar-refractivity contribution is 0.537. The highest BCUT2D eigenvalue weighted by Crippen LogP contribution is 2.32. The third kappa shape index (κ3) is 7.20. The van der Waals surface area contributed by atoms with Crippen LogP contribution in [0.3, 0.4) is 0 Å². The Hall–Kier alpha value is -3.14. The van der Waals surface area contributed by atoms with E-state index >= 15 is 0 Å². The summed E-state index contributed by atoms with van der Waals surface area (Å²) in [5.41, 5.74) is 5.01. The van der Waals surface area contributed by atoms with Crippen LogP contribution in [0.25, 0.3) is 5.69 Å². The predicted octanol–water partition coefficient (Wildman–Crippen LogP) is 7.75. The summed E-state index contributed by atoms with van der Waals surface area (Å²) in [6, 6.07) is 29.0. The van der Waals surface area contributed by atoms with Crippen molar-refractivity contribution in [3.63, 3.8) is 0 Å². The van der Waals surface area contributed by atoms with E-state index in [0.29, 0.717) is 33.2 Å². The van der Waals surface area contributed by atoms with Crippen molar-refractivity contribution in [2.75, 3.05) is 0 Å². The van der Waals surface area contributed by atoms with Gasteiger partial charge >= 0.3 is 0 Å². The van der Waals surface area contributed by atoms with Crippen LogP contribution in [0.2, 0.25) is 10.0 Å². The molecule has 0 aliphatic heterocycles. The van der Waals surface area contributed by atoms with E-state index in [1.54, 1.807) is 12.1 Å². The molecule has 6 nitrogen and oxygen atoms in total. The second-order valence-electron chi connectivity index (χ2n) is 9.70. The lowest BCUT2D eigenvalue weighted by atomic mass is 10.1. The SMILES string of the molecule is Cc1cccc(CSc2nnc(C(Cc3ccccc3)NS(=O)(=O)c3ccc(Cl)cc3)n2-c2cc(Cl)ccc2C)c1. The van der Waals surface area contributed by atoms with Crippen molar-refractivity contribution in [1.82, 2.24) is 19.5 Å². The topological polar surface area (TPSA) is 76.9 Å². The summed E-state index contributed by atoms with van der Waals surface area (Å²) < 4.78 is 32.0. The number of halogens is 2. The molecule has 0 saturated carbocycles. The first-order valence-corrected chi connectivity index (χ1v) is 16.1. The molecule has 1 heterocycles. The van der Waals surface area contributed by atoms with Crippen LogP contribution in [0.5, 0.6) is 0 Å². The number of benzene rings is 4. The summed E-state index contributed by atoms with van der Waals surface area (Å²) in [6.07, 6.45) is 0.355. The number of thioether (sulfide) groups is 1. The molecule has 0 aliphatic carbocycles. The van der Waals surface area contributed by atoms with E-state index in [4.69, 9.17) is 23.2 Å². The van der Waals surface area contributed by atoms with Crippen molar-refractivity contribution >= 4 is 45.0 Å². The third-order valence-electron chi connectivity index (χ3n) is 6.54. The van der Waals surface area contributed by atoms with Crippen molar-refractivity contribution in [2.45, 2.75) is 42.1 Å². The summed E-state index contributed by atoms with van der Waals surface area (Å²) in [5.74, 6) is 1.13. The van der Waals surface area contributed by atoms with Gasteiger partial charge < -0.3 is 0 Å². The minimum Gasteiger partial charge on any atom is -0.272 e. The van der Waals surface area contributed by atoms with Gasteiger partial charge in [0.25, 0.3) is 0 Å². The molecule has 1 aromatic heterocycles. The molecular formula is C31H28Cl2N4O2S2. The van der Waals surface area contributed by atoms with E-state index < -0.39 is 16.1 Å². The first-order chi connectivity index (χ1) is 19.7. The molecule has 1 unspecified atom stereocenters. The zero-order valence-corrected chi connectivity index (χ0v) is 25.6. The van der Waals surface area contributed by atoms with E-state index in [2.05, 4.69) is 40.0 Å². The van der Waals surface area contributed by atoms with Gasteiger partial charge in [-0.1, -0.05) is 101 Å². The standard InChI is InChI=1S/C31H28Cl2N4O2S2/c1-21-7-6-10-24(17-21)20-40-31-35-34-30(37(31)29-19-26(33)12-11-22(29)2)28(18-23-8-4-3-5-9-23)36-41(38,39)27-15-13-25(32)14-16-27/h3-17,19,28,36H,18,20H2,1-2H3. The van der Waals surface area contributed by atoms with E-state index in [-0.39, 0.29) is 4.90 Å². The molecule has 41 heavy (non-hydrogen) atoms. The average molecular weight is 624 g/mol. The van der Waals surface area contributed by atoms with Gasteiger partial charge in [-0.2, -0.15) is 0 Å². The lowest BCUT2D eigenvalue weighted by Gasteiger charge is -2.21. The van der Waals surface area contributed by atoms with Crippen LogP contribution >= 0.6 is 35.0 Å². The summed E-state index contributed by atoms with van der Waals surface area (Å²) in [5, 5.41) is 10.8. The second kappa shape index (κ2) is 12.8. The van der Waals surface area contributed by atoms with Crippen LogP contribution in [-0.4, -0.2) is 23.2 Å². The fourth-order valence-corrected chi connectivity index (χ4v) is 6.89. The van der Waals surface area contributed by atoms with Gasteiger partial charge in [-0.05, 0) is 73.4 Å². The Kier molecular flexibility index (Phi) is 9.16. The maximum Gasteiger partial charge on any atom is 0.241 e. The third-order valence-corrected chi connectivity index (χ3v) is 9.51. The second-order valence-corrected chi connectivity index (χ2v) is 13.2. The van der Waals surface area contributed by atoms with Gasteiger partial charge in [0.15, 0.2) is 11.0 Å². The molecular weight excluding hydrogens is 595 g/mol. The number of aryl methyl sites for hydroxylation is 2. The molecule has 5 aromatic rings. The van der Waals surface area contributed by atoms with Crippen LogP contribution in [0.1, 0.15) is 34.1 Å². The molecule has 0 aliphatic rings. The largest absolute Gasteiger partial charge is 0.272 e. The molecule has 0 fully saturated rings. The van der Waals surface area contributed by atoms with Crippen molar-refractivity contribution < 1.29 is 8.42 Å². The smallest absolute Gasteiger partial charge is 0.241 e. The first-order valence-electron chi connectivity index (χ1n) is 12.9. The molecule has 10 heteroatoms. The normalized spacial score (nSPS) is 12.4. The fraction of sp³-hybridized carbons (Fsp3) is 0.161. The van der Waals surface area contributed by atoms with Gasteiger partial charge in [0.1, 0.15) is 0 Å². The number of nitrogens with zero attached hydrogens (tertiary/aromatic N) is 3. The minimum atomic E-state index is -3.94. The lowest BCUT2D eigenvalue weighted by Crippen LogP contribution is -2.32. The molecule has 1 N–H and O–H groups in total. The van der Waals surface area contributed by atoms with Gasteiger partial charge in [-0.15, -0.1) is 10.2 Å². The maximum atomic E-state index is 13.6. The highest BCUT2D eigenvalue weighted by atomic mass is 35.5. The zero-order chi connectivity index (χ0) is 29.0. The molecule has 1 atom stereocenters. The fourth-order valence-electron chi connectivity index (χ4n) is 4.50. The zero-order valence-electron chi connectivity index (χ0n) is 22.5.